The van der Waals surface area contributed by atoms with E-state index in [1.165, 1.54) is 36.4 Å². The molecule has 0 aliphatic rings. The normalized spacial score (nSPS) is 10.9. The Morgan fingerprint density at radius 1 is 0.971 bits per heavy atom. The van der Waals surface area contributed by atoms with Gasteiger partial charge in [-0.2, -0.15) is 0 Å². The number of aromatic amines is 2. The maximum atomic E-state index is 12.6. The molecule has 178 valence electrons. The smallest absolute Gasteiger partial charge is 0.325 e. The van der Waals surface area contributed by atoms with Gasteiger partial charge in [0.1, 0.15) is 5.75 Å². The average Bonchev–Trinajstić information content (AvgIpc) is 2.81. The lowest BCUT2D eigenvalue weighted by molar-refractivity contribution is 0.0847. The van der Waals surface area contributed by atoms with E-state index in [0.717, 1.165) is 12.6 Å². The van der Waals surface area contributed by atoms with Gasteiger partial charge in [0.15, 0.2) is 4.90 Å². The fourth-order valence-electron chi connectivity index (χ4n) is 2.74. The first-order valence-electron chi connectivity index (χ1n) is 9.98. The van der Waals surface area contributed by atoms with Crippen molar-refractivity contribution in [3.8, 4) is 5.75 Å². The van der Waals surface area contributed by atoms with Crippen molar-refractivity contribution in [2.75, 3.05) is 11.3 Å². The maximum Gasteiger partial charge on any atom is 0.325 e. The number of anilines is 1. The quantitative estimate of drug-likeness (QED) is 0.290. The van der Waals surface area contributed by atoms with Crippen LogP contribution in [0.3, 0.4) is 0 Å². The number of hydrazine groups is 1. The lowest BCUT2D eigenvalue weighted by Gasteiger charge is -2.13. The fourth-order valence-corrected chi connectivity index (χ4v) is 3.83. The second kappa shape index (κ2) is 10.5. The molecule has 3 rings (SSSR count). The summed E-state index contributed by atoms with van der Waals surface area (Å²) in [6.07, 6.45) is 1.58. The van der Waals surface area contributed by atoms with Crippen LogP contribution in [0.5, 0.6) is 5.75 Å². The highest BCUT2D eigenvalue weighted by molar-refractivity contribution is 7.92. The Kier molecular flexibility index (Phi) is 7.48. The molecule has 0 saturated heterocycles. The van der Waals surface area contributed by atoms with Crippen molar-refractivity contribution in [1.82, 2.24) is 20.8 Å². The third-order valence-corrected chi connectivity index (χ3v) is 5.74. The lowest BCUT2D eigenvalue weighted by atomic mass is 10.2. The SMILES string of the molecule is CCCOc1ccc(C(=O)NNC(=O)c2ccccc2NS(=O)(=O)c2c[nH]c(=O)[nH]c2=O)cc1. The molecular weight excluding hydrogens is 466 g/mol. The summed E-state index contributed by atoms with van der Waals surface area (Å²) in [5.41, 5.74) is 2.43. The Hall–Kier alpha value is -4.39. The predicted molar refractivity (Wildman–Crippen MR) is 122 cm³/mol. The highest BCUT2D eigenvalue weighted by atomic mass is 32.2. The van der Waals surface area contributed by atoms with Crippen LogP contribution in [0.1, 0.15) is 34.1 Å². The number of amides is 2. The first-order chi connectivity index (χ1) is 16.2. The van der Waals surface area contributed by atoms with E-state index in [1.807, 2.05) is 11.9 Å². The van der Waals surface area contributed by atoms with Crippen molar-refractivity contribution >= 4 is 27.5 Å². The number of carbonyl (C=O) groups is 2. The minimum Gasteiger partial charge on any atom is -0.494 e. The summed E-state index contributed by atoms with van der Waals surface area (Å²) in [7, 11) is -4.45. The number of benzene rings is 2. The molecule has 12 nitrogen and oxygen atoms in total. The molecule has 34 heavy (non-hydrogen) atoms. The number of H-pyrrole nitrogens is 2. The van der Waals surface area contributed by atoms with Crippen LogP contribution in [0.4, 0.5) is 5.69 Å². The number of ether oxygens (including phenoxy) is 1. The number of sulfonamides is 1. The predicted octanol–water partition coefficient (Wildman–Crippen LogP) is 0.728. The number of rotatable bonds is 8. The zero-order chi connectivity index (χ0) is 24.7. The molecule has 3 aromatic rings. The molecule has 0 bridgehead atoms. The number of carbonyl (C=O) groups excluding carboxylic acids is 2. The van der Waals surface area contributed by atoms with Gasteiger partial charge in [0, 0.05) is 11.8 Å². The molecule has 1 aromatic heterocycles. The zero-order valence-corrected chi connectivity index (χ0v) is 18.7. The Morgan fingerprint density at radius 2 is 1.65 bits per heavy atom. The second-order valence-corrected chi connectivity index (χ2v) is 8.52. The number of aromatic nitrogens is 2. The molecule has 0 unspecified atom stereocenters. The molecule has 13 heteroatoms. The van der Waals surface area contributed by atoms with E-state index >= 15 is 0 Å². The van der Waals surface area contributed by atoms with Gasteiger partial charge in [-0.05, 0) is 42.8 Å². The van der Waals surface area contributed by atoms with Crippen molar-refractivity contribution in [1.29, 1.82) is 0 Å². The van der Waals surface area contributed by atoms with E-state index in [0.29, 0.717) is 12.4 Å². The van der Waals surface area contributed by atoms with E-state index < -0.39 is 38.0 Å². The molecule has 0 aliphatic heterocycles. The van der Waals surface area contributed by atoms with Gasteiger partial charge in [-0.25, -0.2) is 13.2 Å². The summed E-state index contributed by atoms with van der Waals surface area (Å²) < 4.78 is 32.8. The van der Waals surface area contributed by atoms with Crippen LogP contribution >= 0.6 is 0 Å². The van der Waals surface area contributed by atoms with Gasteiger partial charge in [0.25, 0.3) is 27.4 Å². The minimum atomic E-state index is -4.45. The molecule has 0 fully saturated rings. The third kappa shape index (κ3) is 5.89. The lowest BCUT2D eigenvalue weighted by Crippen LogP contribution is -2.42. The van der Waals surface area contributed by atoms with Gasteiger partial charge < -0.3 is 9.72 Å². The van der Waals surface area contributed by atoms with Crippen molar-refractivity contribution in [3.05, 3.63) is 86.7 Å². The Bertz CT molecular complexity index is 1410. The van der Waals surface area contributed by atoms with Crippen LogP contribution in [-0.2, 0) is 10.0 Å². The number of nitrogens with one attached hydrogen (secondary N) is 5. The van der Waals surface area contributed by atoms with E-state index in [1.54, 1.807) is 12.1 Å². The molecule has 1 heterocycles. The standard InChI is InChI=1S/C21H21N5O7S/c1-2-11-33-14-9-7-13(8-10-14)18(27)24-25-19(28)15-5-3-4-6-16(15)26-34(31,32)17-12-22-21(30)23-20(17)29/h3-10,12,26H,2,11H2,1H3,(H,24,27)(H,25,28)(H2,22,23,29,30). The highest BCUT2D eigenvalue weighted by Crippen LogP contribution is 2.18. The second-order valence-electron chi connectivity index (χ2n) is 6.87. The van der Waals surface area contributed by atoms with Crippen molar-refractivity contribution in [3.63, 3.8) is 0 Å². The molecule has 5 N–H and O–H groups in total. The molecule has 0 saturated carbocycles. The largest absolute Gasteiger partial charge is 0.494 e. The molecule has 0 radical (unpaired) electrons. The Labute approximate surface area is 193 Å². The van der Waals surface area contributed by atoms with Gasteiger partial charge >= 0.3 is 5.69 Å². The van der Waals surface area contributed by atoms with Gasteiger partial charge in [-0.15, -0.1) is 0 Å². The van der Waals surface area contributed by atoms with E-state index in [2.05, 4.69) is 20.6 Å². The van der Waals surface area contributed by atoms with E-state index in [-0.39, 0.29) is 16.8 Å². The van der Waals surface area contributed by atoms with Crippen LogP contribution in [0.15, 0.2) is 69.2 Å². The summed E-state index contributed by atoms with van der Waals surface area (Å²) in [5, 5.41) is 0. The molecule has 0 aliphatic carbocycles. The van der Waals surface area contributed by atoms with Crippen molar-refractivity contribution in [2.45, 2.75) is 18.2 Å². The molecule has 0 spiro atoms. The van der Waals surface area contributed by atoms with Crippen molar-refractivity contribution in [2.24, 2.45) is 0 Å². The summed E-state index contributed by atoms with van der Waals surface area (Å²) in [6.45, 7) is 2.51. The Balaban J connectivity index is 1.71. The van der Waals surface area contributed by atoms with E-state index in [9.17, 15) is 27.6 Å². The summed E-state index contributed by atoms with van der Waals surface area (Å²) in [5.74, 6) is -0.817. The third-order valence-electron chi connectivity index (χ3n) is 4.37. The monoisotopic (exact) mass is 487 g/mol. The highest BCUT2D eigenvalue weighted by Gasteiger charge is 2.22. The molecule has 2 aromatic carbocycles. The summed E-state index contributed by atoms with van der Waals surface area (Å²) >= 11 is 0. The number of hydrogen-bond donors (Lipinski definition) is 5. The van der Waals surface area contributed by atoms with Crippen LogP contribution in [0.25, 0.3) is 0 Å². The Morgan fingerprint density at radius 3 is 2.32 bits per heavy atom. The average molecular weight is 487 g/mol. The summed E-state index contributed by atoms with van der Waals surface area (Å²) in [6, 6.07) is 11.8. The zero-order valence-electron chi connectivity index (χ0n) is 17.9. The van der Waals surface area contributed by atoms with Gasteiger partial charge in [0.05, 0.1) is 17.9 Å². The van der Waals surface area contributed by atoms with Crippen LogP contribution in [-0.4, -0.2) is 36.8 Å². The fraction of sp³-hybridized carbons (Fsp3) is 0.143. The van der Waals surface area contributed by atoms with Gasteiger partial charge in [-0.1, -0.05) is 19.1 Å². The first-order valence-corrected chi connectivity index (χ1v) is 11.5. The van der Waals surface area contributed by atoms with Crippen LogP contribution < -0.4 is 31.6 Å². The summed E-state index contributed by atoms with van der Waals surface area (Å²) in [4.78, 5) is 51.1. The van der Waals surface area contributed by atoms with E-state index in [4.69, 9.17) is 4.74 Å². The first kappa shape index (κ1) is 24.3. The maximum absolute atomic E-state index is 12.6. The molecule has 2 amide bonds. The van der Waals surface area contributed by atoms with Crippen molar-refractivity contribution < 1.29 is 22.7 Å². The van der Waals surface area contributed by atoms with Crippen LogP contribution in [0, 0.1) is 0 Å². The van der Waals surface area contributed by atoms with Crippen LogP contribution in [0.2, 0.25) is 0 Å². The molecule has 0 atom stereocenters. The van der Waals surface area contributed by atoms with Gasteiger partial charge in [-0.3, -0.25) is 34.9 Å². The topological polar surface area (TPSA) is 179 Å². The molecular formula is C21H21N5O7S. The number of hydrogen-bond acceptors (Lipinski definition) is 7. The minimum absolute atomic E-state index is 0.129. The van der Waals surface area contributed by atoms with Gasteiger partial charge in [0.2, 0.25) is 0 Å². The number of para-hydroxylation sites is 1.